The van der Waals surface area contributed by atoms with Crippen molar-refractivity contribution in [1.82, 2.24) is 10.6 Å². The van der Waals surface area contributed by atoms with Crippen LogP contribution in [0, 0.1) is 16.7 Å². The van der Waals surface area contributed by atoms with E-state index in [0.29, 0.717) is 19.4 Å². The molecule has 0 radical (unpaired) electrons. The Balaban J connectivity index is 2.30. The Morgan fingerprint density at radius 3 is 2.53 bits per heavy atom. The highest BCUT2D eigenvalue weighted by molar-refractivity contribution is 5.86. The summed E-state index contributed by atoms with van der Waals surface area (Å²) in [4.78, 5) is 22.5. The highest BCUT2D eigenvalue weighted by Gasteiger charge is 2.44. The third kappa shape index (κ3) is 2.46. The predicted octanol–water partition coefficient (Wildman–Crippen LogP) is -0.0674. The molecule has 5 nitrogen and oxygen atoms in total. The van der Waals surface area contributed by atoms with Crippen molar-refractivity contribution in [2.75, 3.05) is 13.6 Å². The number of rotatable bonds is 4. The van der Waals surface area contributed by atoms with Crippen LogP contribution in [0.25, 0.3) is 0 Å². The molecule has 0 spiro atoms. The molecule has 0 bridgehead atoms. The van der Waals surface area contributed by atoms with E-state index in [4.69, 9.17) is 5.26 Å². The first kappa shape index (κ1) is 11.5. The van der Waals surface area contributed by atoms with Crippen molar-refractivity contribution >= 4 is 11.8 Å². The van der Waals surface area contributed by atoms with E-state index in [-0.39, 0.29) is 18.2 Å². The molecule has 0 saturated heterocycles. The fourth-order valence-electron chi connectivity index (χ4n) is 1.50. The van der Waals surface area contributed by atoms with Crippen molar-refractivity contribution in [3.63, 3.8) is 0 Å². The lowest BCUT2D eigenvalue weighted by Gasteiger charge is -2.33. The fourth-order valence-corrected chi connectivity index (χ4v) is 1.50. The maximum Gasteiger partial charge on any atom is 0.240 e. The standard InChI is InChI=1S/C10H15N3O2/c1-12-8(14)3-6-13-9(15)10(7-11)4-2-5-10/h2-6H2,1H3,(H,12,14)(H,13,15). The smallest absolute Gasteiger partial charge is 0.240 e. The number of nitrogens with zero attached hydrogens (tertiary/aromatic N) is 1. The number of nitrogens with one attached hydrogen (secondary N) is 2. The predicted molar refractivity (Wildman–Crippen MR) is 53.6 cm³/mol. The average Bonchev–Trinajstić information content (AvgIpc) is 2.16. The maximum atomic E-state index is 11.6. The molecule has 0 unspecified atom stereocenters. The molecule has 1 aliphatic rings. The zero-order valence-electron chi connectivity index (χ0n) is 8.80. The van der Waals surface area contributed by atoms with Crippen LogP contribution in [0.1, 0.15) is 25.7 Å². The van der Waals surface area contributed by atoms with Gasteiger partial charge in [0.1, 0.15) is 5.41 Å². The fraction of sp³-hybridized carbons (Fsp3) is 0.700. The first-order valence-corrected chi connectivity index (χ1v) is 5.05. The van der Waals surface area contributed by atoms with E-state index in [1.165, 1.54) is 0 Å². The number of nitriles is 1. The third-order valence-corrected chi connectivity index (χ3v) is 2.77. The number of hydrogen-bond acceptors (Lipinski definition) is 3. The van der Waals surface area contributed by atoms with E-state index in [0.717, 1.165) is 6.42 Å². The van der Waals surface area contributed by atoms with E-state index >= 15 is 0 Å². The summed E-state index contributed by atoms with van der Waals surface area (Å²) in [7, 11) is 1.55. The summed E-state index contributed by atoms with van der Waals surface area (Å²) >= 11 is 0. The third-order valence-electron chi connectivity index (χ3n) is 2.77. The van der Waals surface area contributed by atoms with Gasteiger partial charge >= 0.3 is 0 Å². The second-order valence-corrected chi connectivity index (χ2v) is 3.73. The first-order chi connectivity index (χ1) is 7.14. The van der Waals surface area contributed by atoms with Crippen LogP contribution < -0.4 is 10.6 Å². The SMILES string of the molecule is CNC(=O)CCNC(=O)C1(C#N)CCC1. The van der Waals surface area contributed by atoms with E-state index in [1.807, 2.05) is 0 Å². The van der Waals surface area contributed by atoms with Crippen molar-refractivity contribution in [2.24, 2.45) is 5.41 Å². The molecule has 15 heavy (non-hydrogen) atoms. The summed E-state index contributed by atoms with van der Waals surface area (Å²) in [5, 5.41) is 14.0. The Hall–Kier alpha value is -1.57. The molecule has 0 heterocycles. The molecule has 0 aromatic carbocycles. The molecule has 0 aromatic heterocycles. The zero-order chi connectivity index (χ0) is 11.3. The molecule has 2 amide bonds. The van der Waals surface area contributed by atoms with Crippen molar-refractivity contribution in [2.45, 2.75) is 25.7 Å². The molecular weight excluding hydrogens is 194 g/mol. The van der Waals surface area contributed by atoms with Crippen LogP contribution in [0.4, 0.5) is 0 Å². The monoisotopic (exact) mass is 209 g/mol. The molecule has 0 aromatic rings. The zero-order valence-corrected chi connectivity index (χ0v) is 8.80. The van der Waals surface area contributed by atoms with Crippen molar-refractivity contribution in [3.05, 3.63) is 0 Å². The van der Waals surface area contributed by atoms with Gasteiger partial charge < -0.3 is 10.6 Å². The topological polar surface area (TPSA) is 82.0 Å². The molecule has 1 saturated carbocycles. The van der Waals surface area contributed by atoms with Crippen LogP contribution in [0.5, 0.6) is 0 Å². The largest absolute Gasteiger partial charge is 0.359 e. The van der Waals surface area contributed by atoms with Crippen LogP contribution in [0.15, 0.2) is 0 Å². The van der Waals surface area contributed by atoms with Gasteiger partial charge in [-0.05, 0) is 19.3 Å². The second kappa shape index (κ2) is 4.78. The highest BCUT2D eigenvalue weighted by Crippen LogP contribution is 2.40. The molecule has 5 heteroatoms. The van der Waals surface area contributed by atoms with E-state index in [9.17, 15) is 9.59 Å². The van der Waals surface area contributed by atoms with Crippen molar-refractivity contribution < 1.29 is 9.59 Å². The van der Waals surface area contributed by atoms with E-state index < -0.39 is 5.41 Å². The van der Waals surface area contributed by atoms with Gasteiger partial charge in [0, 0.05) is 20.0 Å². The molecule has 1 aliphatic carbocycles. The number of carbonyl (C=O) groups is 2. The van der Waals surface area contributed by atoms with E-state index in [1.54, 1.807) is 7.05 Å². The average molecular weight is 209 g/mol. The lowest BCUT2D eigenvalue weighted by molar-refractivity contribution is -0.131. The van der Waals surface area contributed by atoms with Gasteiger partial charge in [0.05, 0.1) is 6.07 Å². The Bertz CT molecular complexity index is 302. The summed E-state index contributed by atoms with van der Waals surface area (Å²) in [6.07, 6.45) is 2.45. The van der Waals surface area contributed by atoms with Gasteiger partial charge in [-0.1, -0.05) is 0 Å². The summed E-state index contributed by atoms with van der Waals surface area (Å²) in [6, 6.07) is 2.05. The number of hydrogen-bond donors (Lipinski definition) is 2. The second-order valence-electron chi connectivity index (χ2n) is 3.73. The molecule has 0 aliphatic heterocycles. The van der Waals surface area contributed by atoms with Crippen LogP contribution in [-0.2, 0) is 9.59 Å². The van der Waals surface area contributed by atoms with Gasteiger partial charge in [0.2, 0.25) is 11.8 Å². The van der Waals surface area contributed by atoms with Crippen LogP contribution in [0.2, 0.25) is 0 Å². The summed E-state index contributed by atoms with van der Waals surface area (Å²) in [5.41, 5.74) is -0.817. The first-order valence-electron chi connectivity index (χ1n) is 5.05. The van der Waals surface area contributed by atoms with Crippen molar-refractivity contribution in [1.29, 1.82) is 5.26 Å². The molecule has 0 atom stereocenters. The lowest BCUT2D eigenvalue weighted by atomic mass is 9.69. The highest BCUT2D eigenvalue weighted by atomic mass is 16.2. The molecule has 2 N–H and O–H groups in total. The quantitative estimate of drug-likeness (QED) is 0.680. The summed E-state index contributed by atoms with van der Waals surface area (Å²) < 4.78 is 0. The van der Waals surface area contributed by atoms with Crippen LogP contribution >= 0.6 is 0 Å². The Kier molecular flexibility index (Phi) is 3.67. The van der Waals surface area contributed by atoms with Gasteiger partial charge in [-0.3, -0.25) is 9.59 Å². The Labute approximate surface area is 88.8 Å². The Morgan fingerprint density at radius 2 is 2.13 bits per heavy atom. The minimum Gasteiger partial charge on any atom is -0.359 e. The minimum atomic E-state index is -0.817. The maximum absolute atomic E-state index is 11.6. The molecular formula is C10H15N3O2. The van der Waals surface area contributed by atoms with Crippen LogP contribution in [-0.4, -0.2) is 25.4 Å². The minimum absolute atomic E-state index is 0.116. The number of carbonyl (C=O) groups excluding carboxylic acids is 2. The van der Waals surface area contributed by atoms with Crippen LogP contribution in [0.3, 0.4) is 0 Å². The summed E-state index contributed by atoms with van der Waals surface area (Å²) in [5.74, 6) is -0.352. The van der Waals surface area contributed by atoms with Gasteiger partial charge in [-0.25, -0.2) is 0 Å². The van der Waals surface area contributed by atoms with Gasteiger partial charge in [0.15, 0.2) is 0 Å². The van der Waals surface area contributed by atoms with Gasteiger partial charge in [0.25, 0.3) is 0 Å². The normalized spacial score (nSPS) is 17.1. The number of amides is 2. The molecule has 82 valence electrons. The molecule has 1 fully saturated rings. The van der Waals surface area contributed by atoms with Gasteiger partial charge in [-0.15, -0.1) is 0 Å². The Morgan fingerprint density at radius 1 is 1.47 bits per heavy atom. The van der Waals surface area contributed by atoms with Gasteiger partial charge in [-0.2, -0.15) is 5.26 Å². The summed E-state index contributed by atoms with van der Waals surface area (Å²) in [6.45, 7) is 0.294. The van der Waals surface area contributed by atoms with E-state index in [2.05, 4.69) is 16.7 Å². The lowest BCUT2D eigenvalue weighted by Crippen LogP contribution is -2.45. The molecule has 1 rings (SSSR count). The van der Waals surface area contributed by atoms with Crippen molar-refractivity contribution in [3.8, 4) is 6.07 Å².